The fourth-order valence-electron chi connectivity index (χ4n) is 3.57. The van der Waals surface area contributed by atoms with Crippen LogP contribution in [0.1, 0.15) is 24.5 Å². The van der Waals surface area contributed by atoms with E-state index in [1.54, 1.807) is 24.1 Å². The van der Waals surface area contributed by atoms with E-state index in [4.69, 9.17) is 4.74 Å². The number of methoxy groups -OCH3 is 1. The van der Waals surface area contributed by atoms with Gasteiger partial charge in [0.05, 0.1) is 18.4 Å². The van der Waals surface area contributed by atoms with E-state index >= 15 is 0 Å². The van der Waals surface area contributed by atoms with Gasteiger partial charge in [-0.3, -0.25) is 4.79 Å². The van der Waals surface area contributed by atoms with Gasteiger partial charge in [-0.1, -0.05) is 43.7 Å². The first-order valence-electron chi connectivity index (χ1n) is 9.94. The average Bonchev–Trinajstić information content (AvgIpc) is 2.75. The molecule has 1 amide bonds. The lowest BCUT2D eigenvalue weighted by atomic mass is 10.1. The number of amides is 1. The minimum absolute atomic E-state index is 0.0181. The van der Waals surface area contributed by atoms with Gasteiger partial charge in [-0.2, -0.15) is 4.31 Å². The maximum absolute atomic E-state index is 12.9. The van der Waals surface area contributed by atoms with Crippen molar-refractivity contribution in [1.82, 2.24) is 9.21 Å². The van der Waals surface area contributed by atoms with Crippen LogP contribution in [0.4, 0.5) is 0 Å². The van der Waals surface area contributed by atoms with Crippen molar-refractivity contribution in [1.29, 1.82) is 0 Å². The van der Waals surface area contributed by atoms with Gasteiger partial charge in [0, 0.05) is 31.7 Å². The van der Waals surface area contributed by atoms with Crippen molar-refractivity contribution in [2.24, 2.45) is 0 Å². The molecular weight excluding hydrogens is 388 g/mol. The molecule has 156 valence electrons. The third-order valence-corrected chi connectivity index (χ3v) is 7.14. The molecule has 0 radical (unpaired) electrons. The van der Waals surface area contributed by atoms with Gasteiger partial charge in [-0.25, -0.2) is 8.42 Å². The van der Waals surface area contributed by atoms with E-state index in [0.717, 1.165) is 24.0 Å². The molecule has 29 heavy (non-hydrogen) atoms. The Labute approximate surface area is 173 Å². The predicted molar refractivity (Wildman–Crippen MR) is 112 cm³/mol. The zero-order valence-corrected chi connectivity index (χ0v) is 17.8. The van der Waals surface area contributed by atoms with Crippen molar-refractivity contribution in [3.8, 4) is 5.75 Å². The van der Waals surface area contributed by atoms with E-state index in [-0.39, 0.29) is 12.3 Å². The Morgan fingerprint density at radius 2 is 1.66 bits per heavy atom. The van der Waals surface area contributed by atoms with Crippen LogP contribution in [0.15, 0.2) is 53.4 Å². The van der Waals surface area contributed by atoms with Crippen LogP contribution in [0, 0.1) is 0 Å². The van der Waals surface area contributed by atoms with Crippen molar-refractivity contribution in [3.05, 3.63) is 59.7 Å². The first kappa shape index (κ1) is 21.3. The van der Waals surface area contributed by atoms with Gasteiger partial charge in [-0.05, 0) is 30.2 Å². The summed E-state index contributed by atoms with van der Waals surface area (Å²) < 4.78 is 32.6. The summed E-state index contributed by atoms with van der Waals surface area (Å²) in [5, 5.41) is 0. The monoisotopic (exact) mass is 416 g/mol. The average molecular weight is 417 g/mol. The molecule has 0 unspecified atom stereocenters. The summed E-state index contributed by atoms with van der Waals surface area (Å²) in [6.07, 6.45) is 2.21. The van der Waals surface area contributed by atoms with E-state index in [9.17, 15) is 13.2 Å². The second-order valence-corrected chi connectivity index (χ2v) is 9.11. The molecule has 0 spiro atoms. The van der Waals surface area contributed by atoms with Crippen LogP contribution in [-0.2, 0) is 27.7 Å². The Bertz CT molecular complexity index is 934. The number of hydrogen-bond donors (Lipinski definition) is 0. The van der Waals surface area contributed by atoms with Crippen LogP contribution in [0.5, 0.6) is 5.75 Å². The van der Waals surface area contributed by atoms with Gasteiger partial charge in [0.25, 0.3) is 0 Å². The van der Waals surface area contributed by atoms with Gasteiger partial charge >= 0.3 is 0 Å². The van der Waals surface area contributed by atoms with Gasteiger partial charge in [0.15, 0.2) is 0 Å². The van der Waals surface area contributed by atoms with E-state index in [1.165, 1.54) is 4.31 Å². The molecule has 7 heteroatoms. The molecule has 2 aromatic carbocycles. The van der Waals surface area contributed by atoms with Crippen molar-refractivity contribution in [2.75, 3.05) is 33.3 Å². The maximum Gasteiger partial charge on any atom is 0.243 e. The smallest absolute Gasteiger partial charge is 0.243 e. The molecule has 0 bridgehead atoms. The highest BCUT2D eigenvalue weighted by Gasteiger charge is 2.30. The molecule has 0 N–H and O–H groups in total. The van der Waals surface area contributed by atoms with E-state index in [2.05, 4.69) is 6.92 Å². The van der Waals surface area contributed by atoms with Crippen LogP contribution < -0.4 is 4.74 Å². The molecule has 6 nitrogen and oxygen atoms in total. The number of hydrogen-bond acceptors (Lipinski definition) is 4. The Hall–Kier alpha value is -2.38. The van der Waals surface area contributed by atoms with Crippen molar-refractivity contribution in [2.45, 2.75) is 31.1 Å². The zero-order chi connectivity index (χ0) is 20.9. The number of rotatable bonds is 7. The van der Waals surface area contributed by atoms with Crippen LogP contribution in [-0.4, -0.2) is 56.8 Å². The number of benzene rings is 2. The minimum atomic E-state index is -3.54. The lowest BCUT2D eigenvalue weighted by Gasteiger charge is -2.34. The van der Waals surface area contributed by atoms with Crippen molar-refractivity contribution < 1.29 is 17.9 Å². The van der Waals surface area contributed by atoms with E-state index in [0.29, 0.717) is 36.8 Å². The summed E-state index contributed by atoms with van der Waals surface area (Å²) >= 11 is 0. The van der Waals surface area contributed by atoms with Gasteiger partial charge < -0.3 is 9.64 Å². The highest BCUT2D eigenvalue weighted by atomic mass is 32.2. The molecule has 3 rings (SSSR count). The molecule has 0 aromatic heterocycles. The standard InChI is InChI=1S/C22H28N2O4S/c1-3-6-18-9-11-20(12-10-18)29(26,27)24-15-13-23(14-16-24)22(25)17-19-7-4-5-8-21(19)28-2/h4-5,7-12H,3,6,13-17H2,1-2H3. The lowest BCUT2D eigenvalue weighted by Crippen LogP contribution is -2.50. The third kappa shape index (κ3) is 4.97. The second-order valence-electron chi connectivity index (χ2n) is 7.17. The normalized spacial score (nSPS) is 15.3. The quantitative estimate of drug-likeness (QED) is 0.696. The molecule has 0 saturated carbocycles. The van der Waals surface area contributed by atoms with E-state index < -0.39 is 10.0 Å². The fraction of sp³-hybridized carbons (Fsp3) is 0.409. The van der Waals surface area contributed by atoms with Crippen LogP contribution in [0.25, 0.3) is 0 Å². The van der Waals surface area contributed by atoms with Crippen LogP contribution in [0.2, 0.25) is 0 Å². The number of aryl methyl sites for hydroxylation is 1. The first-order chi connectivity index (χ1) is 14.0. The van der Waals surface area contributed by atoms with Crippen molar-refractivity contribution in [3.63, 3.8) is 0 Å². The number of piperazine rings is 1. The summed E-state index contributed by atoms with van der Waals surface area (Å²) in [4.78, 5) is 14.7. The number of carbonyl (C=O) groups excluding carboxylic acids is 1. The third-order valence-electron chi connectivity index (χ3n) is 5.23. The summed E-state index contributed by atoms with van der Waals surface area (Å²) in [6, 6.07) is 14.6. The minimum Gasteiger partial charge on any atom is -0.496 e. The fourth-order valence-corrected chi connectivity index (χ4v) is 4.99. The molecule has 1 fully saturated rings. The molecule has 0 aliphatic carbocycles. The lowest BCUT2D eigenvalue weighted by molar-refractivity contribution is -0.131. The summed E-state index contributed by atoms with van der Waals surface area (Å²) in [7, 11) is -1.95. The molecule has 1 aliphatic heterocycles. The van der Waals surface area contributed by atoms with Crippen LogP contribution >= 0.6 is 0 Å². The number of carbonyl (C=O) groups is 1. The van der Waals surface area contributed by atoms with Gasteiger partial charge in [0.2, 0.25) is 15.9 Å². The molecule has 2 aromatic rings. The summed E-state index contributed by atoms with van der Waals surface area (Å²) in [5.74, 6) is 0.670. The van der Waals surface area contributed by atoms with Gasteiger partial charge in [0.1, 0.15) is 5.75 Å². The Kier molecular flexibility index (Phi) is 6.92. The topological polar surface area (TPSA) is 66.9 Å². The SMILES string of the molecule is CCCc1ccc(S(=O)(=O)N2CCN(C(=O)Cc3ccccc3OC)CC2)cc1. The van der Waals surface area contributed by atoms with E-state index in [1.807, 2.05) is 36.4 Å². The number of ether oxygens (including phenoxy) is 1. The van der Waals surface area contributed by atoms with Crippen LogP contribution in [0.3, 0.4) is 0 Å². The molecule has 1 heterocycles. The zero-order valence-electron chi connectivity index (χ0n) is 17.0. The van der Waals surface area contributed by atoms with Gasteiger partial charge in [-0.15, -0.1) is 0 Å². The summed E-state index contributed by atoms with van der Waals surface area (Å²) in [6.45, 7) is 3.48. The highest BCUT2D eigenvalue weighted by Crippen LogP contribution is 2.21. The molecule has 0 atom stereocenters. The predicted octanol–water partition coefficient (Wildman–Crippen LogP) is 2.72. The number of para-hydroxylation sites is 1. The molecule has 1 aliphatic rings. The first-order valence-corrected chi connectivity index (χ1v) is 11.4. The molecule has 1 saturated heterocycles. The largest absolute Gasteiger partial charge is 0.496 e. The highest BCUT2D eigenvalue weighted by molar-refractivity contribution is 7.89. The Balaban J connectivity index is 1.61. The molecular formula is C22H28N2O4S. The summed E-state index contributed by atoms with van der Waals surface area (Å²) in [5.41, 5.74) is 1.97. The van der Waals surface area contributed by atoms with Crippen molar-refractivity contribution >= 4 is 15.9 Å². The number of sulfonamides is 1. The number of nitrogens with zero attached hydrogens (tertiary/aromatic N) is 2. The Morgan fingerprint density at radius 1 is 1.00 bits per heavy atom. The Morgan fingerprint density at radius 3 is 2.28 bits per heavy atom. The second kappa shape index (κ2) is 9.41. The maximum atomic E-state index is 12.9.